The van der Waals surface area contributed by atoms with Gasteiger partial charge in [0, 0.05) is 18.9 Å². The number of alkyl halides is 1. The maximum atomic E-state index is 12.6. The van der Waals surface area contributed by atoms with Gasteiger partial charge in [0.05, 0.1) is 16.5 Å². The number of Topliss-reactive ketones (excluding diaryl/α,β-unsaturated/α-hetero) is 2. The number of carbonyl (C=O) groups excluding carboxylic acids is 2. The van der Waals surface area contributed by atoms with Crippen molar-refractivity contribution in [3.63, 3.8) is 0 Å². The van der Waals surface area contributed by atoms with Crippen LogP contribution < -0.4 is 0 Å². The average Bonchev–Trinajstić information content (AvgIpc) is 3.09. The largest absolute Gasteiger partial charge is 0.400 e. The molecule has 0 saturated heterocycles. The molecule has 0 spiro atoms. The van der Waals surface area contributed by atoms with Gasteiger partial charge in [-0.05, 0) is 206 Å². The second kappa shape index (κ2) is 15.7. The highest BCUT2D eigenvalue weighted by Crippen LogP contribution is 2.65. The number of aliphatic hydroxyl groups is 3. The van der Waals surface area contributed by atoms with Gasteiger partial charge in [-0.3, -0.25) is 9.59 Å². The fraction of sp³-hybridized carbons (Fsp3) is 0.956. The number of fused-ring (bicyclic) bond motifs is 10. The second-order valence-corrected chi connectivity index (χ2v) is 21.2. The highest BCUT2D eigenvalue weighted by atomic mass is 79.9. The zero-order valence-electron chi connectivity index (χ0n) is 33.3. The molecule has 8 aliphatic carbocycles. The van der Waals surface area contributed by atoms with Crippen molar-refractivity contribution in [1.82, 2.24) is 0 Å². The predicted octanol–water partition coefficient (Wildman–Crippen LogP) is 9.95. The summed E-state index contributed by atoms with van der Waals surface area (Å²) >= 11 is 3.44. The van der Waals surface area contributed by atoms with Gasteiger partial charge in [-0.25, -0.2) is 0 Å². The van der Waals surface area contributed by atoms with Crippen LogP contribution in [0, 0.1) is 81.8 Å². The zero-order chi connectivity index (χ0) is 36.9. The standard InChI is InChI=1S/C22H35BrO2.C22H36O2.CH4O/c1-21(25)10-8-15-14(12-21)6-7-17-16(15)9-11-22(2)18(17)4-3-5-19(22)20(24)13-23;1-14(23)19-5-4-6-20-18-8-7-15-13-21(2,24)11-9-16(15)17(18)10-12-22(19,20)3;1-2/h14-19,25H,3-13H2,1-2H3;15-20,24H,4-13H2,1-3H3;2H,1H3/t14-,15+,16-,17-,18+,19-,21-,22+;15-,16+,17-,18-,19-,20+,21-,22-;/m11./s1. The summed E-state index contributed by atoms with van der Waals surface area (Å²) in [4.78, 5) is 24.9. The Morgan fingerprint density at radius 3 is 1.39 bits per heavy atom. The van der Waals surface area contributed by atoms with Crippen molar-refractivity contribution in [1.29, 1.82) is 0 Å². The van der Waals surface area contributed by atoms with E-state index in [1.807, 2.05) is 20.8 Å². The lowest BCUT2D eigenvalue weighted by Crippen LogP contribution is -2.55. The summed E-state index contributed by atoms with van der Waals surface area (Å²) < 4.78 is 0. The molecular formula is C45H75BrO5. The van der Waals surface area contributed by atoms with Crippen molar-refractivity contribution in [3.8, 4) is 0 Å². The molecule has 0 aromatic heterocycles. The molecule has 8 fully saturated rings. The molecule has 8 rings (SSSR count). The van der Waals surface area contributed by atoms with E-state index in [2.05, 4.69) is 29.8 Å². The van der Waals surface area contributed by atoms with Crippen LogP contribution in [0.5, 0.6) is 0 Å². The van der Waals surface area contributed by atoms with Crippen LogP contribution in [0.1, 0.15) is 163 Å². The smallest absolute Gasteiger partial charge is 0.147 e. The summed E-state index contributed by atoms with van der Waals surface area (Å²) in [6.45, 7) is 10.8. The minimum Gasteiger partial charge on any atom is -0.400 e. The molecule has 5 nitrogen and oxygen atoms in total. The summed E-state index contributed by atoms with van der Waals surface area (Å²) in [7, 11) is 1.00. The number of ketones is 2. The van der Waals surface area contributed by atoms with Crippen molar-refractivity contribution in [2.45, 2.75) is 174 Å². The Morgan fingerprint density at radius 2 is 0.961 bits per heavy atom. The first-order chi connectivity index (χ1) is 24.2. The third-order valence-corrected chi connectivity index (χ3v) is 18.5. The summed E-state index contributed by atoms with van der Waals surface area (Å²) in [5.41, 5.74) is -0.313. The average molecular weight is 776 g/mol. The molecule has 8 saturated carbocycles. The lowest BCUT2D eigenvalue weighted by atomic mass is 9.44. The number of carbonyl (C=O) groups is 2. The SMILES string of the molecule is CC(=O)[C@H]1CCC[C@H]2[C@@H]3CC[C@@H]4C[C@](C)(O)CC[C@@H]4[C@H]3CC[C@]12C.CO.C[C@@]1(O)CC[C@H]2[C@H](CC[C@@H]3[C@@H]2CC[C@]2(C)[C@@H](C(=O)CBr)CCC[C@@H]32)C1. The molecule has 51 heavy (non-hydrogen) atoms. The first kappa shape index (κ1) is 40.4. The van der Waals surface area contributed by atoms with Gasteiger partial charge >= 0.3 is 0 Å². The summed E-state index contributed by atoms with van der Waals surface area (Å²) in [6.07, 6.45) is 24.5. The molecule has 3 N–H and O–H groups in total. The van der Waals surface area contributed by atoms with E-state index in [1.165, 1.54) is 89.9 Å². The van der Waals surface area contributed by atoms with Gasteiger partial charge < -0.3 is 15.3 Å². The van der Waals surface area contributed by atoms with Crippen molar-refractivity contribution >= 4 is 27.5 Å². The normalized spacial score (nSPS) is 51.5. The van der Waals surface area contributed by atoms with E-state index in [9.17, 15) is 19.8 Å². The van der Waals surface area contributed by atoms with E-state index in [-0.39, 0.29) is 16.7 Å². The molecule has 6 heteroatoms. The lowest BCUT2D eigenvalue weighted by molar-refractivity contribution is -0.146. The lowest BCUT2D eigenvalue weighted by Gasteiger charge is -2.60. The Bertz CT molecular complexity index is 1230. The van der Waals surface area contributed by atoms with Crippen molar-refractivity contribution in [3.05, 3.63) is 0 Å². The molecule has 0 amide bonds. The Hall–Kier alpha value is -0.300. The minimum absolute atomic E-state index is 0.247. The molecule has 16 atom stereocenters. The number of aliphatic hydroxyl groups excluding tert-OH is 1. The van der Waals surface area contributed by atoms with Gasteiger partial charge in [0.2, 0.25) is 0 Å². The van der Waals surface area contributed by atoms with E-state index < -0.39 is 11.2 Å². The van der Waals surface area contributed by atoms with Crippen LogP contribution in [0.2, 0.25) is 0 Å². The molecule has 292 valence electrons. The predicted molar refractivity (Wildman–Crippen MR) is 209 cm³/mol. The highest BCUT2D eigenvalue weighted by molar-refractivity contribution is 9.09. The monoisotopic (exact) mass is 774 g/mol. The van der Waals surface area contributed by atoms with E-state index in [4.69, 9.17) is 5.11 Å². The van der Waals surface area contributed by atoms with E-state index in [0.29, 0.717) is 22.8 Å². The minimum atomic E-state index is -0.421. The summed E-state index contributed by atoms with van der Waals surface area (Å²) in [6, 6.07) is 0. The zero-order valence-corrected chi connectivity index (χ0v) is 34.9. The molecule has 0 aromatic rings. The molecule has 0 radical (unpaired) electrons. The maximum Gasteiger partial charge on any atom is 0.147 e. The number of rotatable bonds is 3. The molecule has 0 aliphatic heterocycles. The van der Waals surface area contributed by atoms with Crippen LogP contribution >= 0.6 is 15.9 Å². The van der Waals surface area contributed by atoms with Crippen molar-refractivity contribution in [2.24, 2.45) is 81.8 Å². The van der Waals surface area contributed by atoms with Gasteiger partial charge in [-0.15, -0.1) is 0 Å². The Balaban J connectivity index is 0.000000168. The summed E-state index contributed by atoms with van der Waals surface area (Å²) in [5, 5.41) is 28.6. The molecular weight excluding hydrogens is 700 g/mol. The Kier molecular flexibility index (Phi) is 12.4. The first-order valence-corrected chi connectivity index (χ1v) is 22.8. The molecule has 0 unspecified atom stereocenters. The van der Waals surface area contributed by atoms with Gasteiger partial charge in [0.1, 0.15) is 11.6 Å². The molecule has 0 heterocycles. The van der Waals surface area contributed by atoms with Crippen LogP contribution in [-0.4, -0.2) is 50.5 Å². The fourth-order valence-electron chi connectivity index (χ4n) is 15.8. The summed E-state index contributed by atoms with van der Waals surface area (Å²) in [5.74, 6) is 9.69. The van der Waals surface area contributed by atoms with Gasteiger partial charge in [-0.2, -0.15) is 0 Å². The number of hydrogen-bond acceptors (Lipinski definition) is 5. The third kappa shape index (κ3) is 7.64. The van der Waals surface area contributed by atoms with E-state index >= 15 is 0 Å². The first-order valence-electron chi connectivity index (χ1n) is 21.7. The topological polar surface area (TPSA) is 94.8 Å². The van der Waals surface area contributed by atoms with Crippen molar-refractivity contribution in [2.75, 3.05) is 12.4 Å². The quantitative estimate of drug-likeness (QED) is 0.248. The van der Waals surface area contributed by atoms with Gasteiger partial charge in [0.25, 0.3) is 0 Å². The van der Waals surface area contributed by atoms with Crippen LogP contribution in [0.15, 0.2) is 0 Å². The highest BCUT2D eigenvalue weighted by Gasteiger charge is 2.58. The van der Waals surface area contributed by atoms with Crippen molar-refractivity contribution < 1.29 is 24.9 Å². The second-order valence-electron chi connectivity index (χ2n) is 20.6. The molecule has 0 aromatic carbocycles. The van der Waals surface area contributed by atoms with Crippen LogP contribution in [0.4, 0.5) is 0 Å². The van der Waals surface area contributed by atoms with Crippen LogP contribution in [0.3, 0.4) is 0 Å². The Labute approximate surface area is 319 Å². The van der Waals surface area contributed by atoms with Crippen LogP contribution in [0.25, 0.3) is 0 Å². The van der Waals surface area contributed by atoms with E-state index in [0.717, 1.165) is 105 Å². The number of halogens is 1. The molecule has 8 aliphatic rings. The number of hydrogen-bond donors (Lipinski definition) is 3. The Morgan fingerprint density at radius 1 is 0.549 bits per heavy atom. The van der Waals surface area contributed by atoms with Gasteiger partial charge in [0.15, 0.2) is 0 Å². The van der Waals surface area contributed by atoms with Gasteiger partial charge in [-0.1, -0.05) is 42.6 Å². The maximum absolute atomic E-state index is 12.6. The van der Waals surface area contributed by atoms with Crippen LogP contribution in [-0.2, 0) is 9.59 Å². The molecule has 0 bridgehead atoms. The third-order valence-electron chi connectivity index (χ3n) is 18.0. The van der Waals surface area contributed by atoms with E-state index in [1.54, 1.807) is 0 Å². The fourth-order valence-corrected chi connectivity index (χ4v) is 16.2.